The number of carbonyl (C=O) groups excluding carboxylic acids is 1. The molecule has 208 valence electrons. The summed E-state index contributed by atoms with van der Waals surface area (Å²) in [5.74, 6) is 1.08. The van der Waals surface area contributed by atoms with Crippen molar-refractivity contribution in [1.29, 1.82) is 0 Å². The van der Waals surface area contributed by atoms with Crippen molar-refractivity contribution in [2.75, 3.05) is 0 Å². The number of ether oxygens (including phenoxy) is 4. The van der Waals surface area contributed by atoms with Gasteiger partial charge >= 0.3 is 5.97 Å². The molecule has 6 heteroatoms. The number of nitrogens with one attached hydrogen (secondary N) is 1. The summed E-state index contributed by atoms with van der Waals surface area (Å²) in [6.07, 6.45) is 1.84. The Kier molecular flexibility index (Phi) is 8.13. The van der Waals surface area contributed by atoms with E-state index in [2.05, 4.69) is 4.98 Å². The molecule has 0 atom stereocenters. The Hall–Kier alpha value is -5.49. The number of hydrogen-bond acceptors (Lipinski definition) is 5. The van der Waals surface area contributed by atoms with Crippen LogP contribution < -0.4 is 18.9 Å². The second kappa shape index (κ2) is 12.8. The van der Waals surface area contributed by atoms with E-state index in [0.717, 1.165) is 27.6 Å². The molecule has 0 aliphatic rings. The topological polar surface area (TPSA) is 69.8 Å². The Morgan fingerprint density at radius 2 is 1.10 bits per heavy atom. The van der Waals surface area contributed by atoms with E-state index >= 15 is 0 Å². The predicted molar refractivity (Wildman–Crippen MR) is 162 cm³/mol. The number of H-pyrrole nitrogens is 1. The maximum atomic E-state index is 13.5. The molecule has 0 saturated carbocycles. The van der Waals surface area contributed by atoms with Crippen LogP contribution in [0.1, 0.15) is 27.0 Å². The van der Waals surface area contributed by atoms with Crippen LogP contribution in [0.25, 0.3) is 10.9 Å². The highest BCUT2D eigenvalue weighted by Crippen LogP contribution is 2.41. The first kappa shape index (κ1) is 26.7. The Morgan fingerprint density at radius 1 is 0.571 bits per heavy atom. The quantitative estimate of drug-likeness (QED) is 0.129. The lowest BCUT2D eigenvalue weighted by Crippen LogP contribution is -2.11. The molecule has 1 aromatic heterocycles. The average molecular weight is 556 g/mol. The van der Waals surface area contributed by atoms with Gasteiger partial charge in [-0.15, -0.1) is 0 Å². The summed E-state index contributed by atoms with van der Waals surface area (Å²) in [7, 11) is 0. The van der Waals surface area contributed by atoms with Crippen molar-refractivity contribution in [3.8, 4) is 23.0 Å². The van der Waals surface area contributed by atoms with E-state index in [1.807, 2.05) is 115 Å². The minimum absolute atomic E-state index is 0.280. The lowest BCUT2D eigenvalue weighted by Gasteiger charge is -2.19. The molecule has 0 radical (unpaired) electrons. The van der Waals surface area contributed by atoms with E-state index in [-0.39, 0.29) is 18.8 Å². The first-order valence-corrected chi connectivity index (χ1v) is 13.7. The second-order valence-corrected chi connectivity index (χ2v) is 9.74. The van der Waals surface area contributed by atoms with Gasteiger partial charge in [0.05, 0.1) is 5.56 Å². The number of fused-ring (bicyclic) bond motifs is 1. The van der Waals surface area contributed by atoms with E-state index in [0.29, 0.717) is 29.6 Å². The first-order chi connectivity index (χ1) is 20.7. The Balaban J connectivity index is 1.34. The minimum Gasteiger partial charge on any atom is -0.485 e. The fraction of sp³-hybridized carbons (Fsp3) is 0.0833. The molecular weight excluding hydrogens is 526 g/mol. The molecule has 1 heterocycles. The zero-order valence-electron chi connectivity index (χ0n) is 22.9. The molecule has 0 fully saturated rings. The zero-order chi connectivity index (χ0) is 28.6. The van der Waals surface area contributed by atoms with Crippen LogP contribution in [-0.2, 0) is 19.8 Å². The number of esters is 1. The highest BCUT2D eigenvalue weighted by molar-refractivity contribution is 5.93. The second-order valence-electron chi connectivity index (χ2n) is 9.74. The van der Waals surface area contributed by atoms with Crippen LogP contribution in [0, 0.1) is 0 Å². The SMILES string of the molecule is O=C(Oc1ccc2[nH]ccc2c1)c1cc(OCc2ccccc2)c(OCc2ccccc2)c(OCc2ccccc2)c1. The average Bonchev–Trinajstić information content (AvgIpc) is 3.51. The molecular formula is C36H29NO5. The van der Waals surface area contributed by atoms with E-state index in [1.165, 1.54) is 0 Å². The van der Waals surface area contributed by atoms with Crippen molar-refractivity contribution in [3.05, 3.63) is 156 Å². The van der Waals surface area contributed by atoms with E-state index in [4.69, 9.17) is 18.9 Å². The van der Waals surface area contributed by atoms with Crippen molar-refractivity contribution in [1.82, 2.24) is 4.98 Å². The lowest BCUT2D eigenvalue weighted by molar-refractivity contribution is 0.0733. The number of hydrogen-bond donors (Lipinski definition) is 1. The molecule has 6 nitrogen and oxygen atoms in total. The van der Waals surface area contributed by atoms with Crippen molar-refractivity contribution < 1.29 is 23.7 Å². The fourth-order valence-corrected chi connectivity index (χ4v) is 4.51. The monoisotopic (exact) mass is 555 g/mol. The minimum atomic E-state index is -0.534. The zero-order valence-corrected chi connectivity index (χ0v) is 22.9. The summed E-state index contributed by atoms with van der Waals surface area (Å²) in [5.41, 5.74) is 4.19. The number of benzene rings is 5. The van der Waals surface area contributed by atoms with Gasteiger partial charge in [0.25, 0.3) is 0 Å². The van der Waals surface area contributed by atoms with Crippen molar-refractivity contribution >= 4 is 16.9 Å². The van der Waals surface area contributed by atoms with Crippen molar-refractivity contribution in [2.24, 2.45) is 0 Å². The van der Waals surface area contributed by atoms with E-state index in [1.54, 1.807) is 18.2 Å². The van der Waals surface area contributed by atoms with Crippen LogP contribution in [0.2, 0.25) is 0 Å². The van der Waals surface area contributed by atoms with E-state index in [9.17, 15) is 4.79 Å². The van der Waals surface area contributed by atoms with Gasteiger partial charge in [-0.25, -0.2) is 4.79 Å². The third kappa shape index (κ3) is 6.62. The Labute approximate surface area is 244 Å². The fourth-order valence-electron chi connectivity index (χ4n) is 4.51. The molecule has 0 aliphatic heterocycles. The lowest BCUT2D eigenvalue weighted by atomic mass is 10.1. The molecule has 0 amide bonds. The van der Waals surface area contributed by atoms with Gasteiger partial charge in [0.15, 0.2) is 11.5 Å². The number of rotatable bonds is 11. The van der Waals surface area contributed by atoms with Crippen LogP contribution in [-0.4, -0.2) is 11.0 Å². The third-order valence-electron chi connectivity index (χ3n) is 6.69. The van der Waals surface area contributed by atoms with Crippen LogP contribution in [0.3, 0.4) is 0 Å². The number of carbonyl (C=O) groups is 1. The van der Waals surface area contributed by atoms with Crippen molar-refractivity contribution in [2.45, 2.75) is 19.8 Å². The number of aromatic nitrogens is 1. The summed E-state index contributed by atoms with van der Waals surface area (Å²) in [6, 6.07) is 40.2. The summed E-state index contributed by atoms with van der Waals surface area (Å²) < 4.78 is 24.6. The van der Waals surface area contributed by atoms with Crippen LogP contribution in [0.15, 0.2) is 134 Å². The molecule has 0 unspecified atom stereocenters. The summed E-state index contributed by atoms with van der Waals surface area (Å²) in [4.78, 5) is 16.6. The summed E-state index contributed by atoms with van der Waals surface area (Å²) in [6.45, 7) is 0.858. The maximum Gasteiger partial charge on any atom is 0.343 e. The largest absolute Gasteiger partial charge is 0.485 e. The molecule has 1 N–H and O–H groups in total. The highest BCUT2D eigenvalue weighted by atomic mass is 16.5. The van der Waals surface area contributed by atoms with Crippen LogP contribution in [0.5, 0.6) is 23.0 Å². The van der Waals surface area contributed by atoms with Gasteiger partial charge in [-0.05, 0) is 53.1 Å². The van der Waals surface area contributed by atoms with Gasteiger partial charge in [0.2, 0.25) is 5.75 Å². The normalized spacial score (nSPS) is 10.8. The van der Waals surface area contributed by atoms with Crippen LogP contribution in [0.4, 0.5) is 0 Å². The van der Waals surface area contributed by atoms with Crippen LogP contribution >= 0.6 is 0 Å². The van der Waals surface area contributed by atoms with Gasteiger partial charge in [0.1, 0.15) is 25.6 Å². The molecule has 6 aromatic rings. The van der Waals surface area contributed by atoms with Gasteiger partial charge in [0, 0.05) is 17.1 Å². The third-order valence-corrected chi connectivity index (χ3v) is 6.69. The standard InChI is InChI=1S/C36H29NO5/c38-36(42-31-16-17-32-29(20-31)18-19-37-32)30-21-33(39-23-26-10-4-1-5-11-26)35(41-25-28-14-8-3-9-15-28)34(22-30)40-24-27-12-6-2-7-13-27/h1-22,37H,23-25H2. The first-order valence-electron chi connectivity index (χ1n) is 13.7. The Bertz CT molecular complexity index is 1700. The number of aromatic amines is 1. The summed E-state index contributed by atoms with van der Waals surface area (Å²) in [5, 5.41) is 0.948. The van der Waals surface area contributed by atoms with Gasteiger partial charge in [-0.1, -0.05) is 91.0 Å². The van der Waals surface area contributed by atoms with Gasteiger partial charge < -0.3 is 23.9 Å². The van der Waals surface area contributed by atoms with E-state index < -0.39 is 5.97 Å². The predicted octanol–water partition coefficient (Wildman–Crippen LogP) is 8.12. The molecule has 42 heavy (non-hydrogen) atoms. The molecule has 6 rings (SSSR count). The summed E-state index contributed by atoms with van der Waals surface area (Å²) >= 11 is 0. The maximum absolute atomic E-state index is 13.5. The molecule has 0 saturated heterocycles. The molecule has 0 spiro atoms. The molecule has 5 aromatic carbocycles. The smallest absolute Gasteiger partial charge is 0.343 e. The van der Waals surface area contributed by atoms with Crippen molar-refractivity contribution in [3.63, 3.8) is 0 Å². The Morgan fingerprint density at radius 3 is 1.64 bits per heavy atom. The molecule has 0 aliphatic carbocycles. The van der Waals surface area contributed by atoms with Gasteiger partial charge in [-0.3, -0.25) is 0 Å². The highest BCUT2D eigenvalue weighted by Gasteiger charge is 2.21. The molecule has 0 bridgehead atoms. The van der Waals surface area contributed by atoms with Gasteiger partial charge in [-0.2, -0.15) is 0 Å².